The summed E-state index contributed by atoms with van der Waals surface area (Å²) in [4.78, 5) is 12.8. The second-order valence-electron chi connectivity index (χ2n) is 3.23. The number of hydrogen-bond donors (Lipinski definition) is 2. The van der Waals surface area contributed by atoms with Gasteiger partial charge >= 0.3 is 0 Å². The number of aryl methyl sites for hydroxylation is 1. The molecule has 1 aliphatic rings. The Hall–Kier alpha value is -0.780. The summed E-state index contributed by atoms with van der Waals surface area (Å²) in [7, 11) is 0. The Kier molecular flexibility index (Phi) is 3.14. The van der Waals surface area contributed by atoms with Crippen LogP contribution in [0, 0.1) is 0 Å². The van der Waals surface area contributed by atoms with E-state index in [1.807, 2.05) is 17.7 Å². The molecule has 0 saturated heterocycles. The van der Waals surface area contributed by atoms with Crippen LogP contribution in [0.1, 0.15) is 21.7 Å². The van der Waals surface area contributed by atoms with Gasteiger partial charge < -0.3 is 0 Å². The third kappa shape index (κ3) is 1.82. The van der Waals surface area contributed by atoms with Gasteiger partial charge in [0, 0.05) is 5.57 Å². The summed E-state index contributed by atoms with van der Waals surface area (Å²) in [6, 6.07) is 2.00. The van der Waals surface area contributed by atoms with E-state index in [0.717, 1.165) is 16.9 Å². The maximum Gasteiger partial charge on any atom is 0.201 e. The Morgan fingerprint density at radius 1 is 1.60 bits per heavy atom. The lowest BCUT2D eigenvalue weighted by molar-refractivity contribution is 0.102. The Labute approximate surface area is 96.1 Å². The molecule has 3 nitrogen and oxygen atoms in total. The van der Waals surface area contributed by atoms with Gasteiger partial charge in [-0.25, -0.2) is 0 Å². The molecule has 0 radical (unpaired) electrons. The molecule has 0 atom stereocenters. The van der Waals surface area contributed by atoms with E-state index < -0.39 is 0 Å². The fraction of sp³-hybridized carbons (Fsp3) is 0.300. The summed E-state index contributed by atoms with van der Waals surface area (Å²) >= 11 is 2.83. The summed E-state index contributed by atoms with van der Waals surface area (Å²) in [5, 5.41) is 11.4. The Balaban J connectivity index is 2.42. The van der Waals surface area contributed by atoms with E-state index in [1.54, 1.807) is 0 Å². The van der Waals surface area contributed by atoms with Crippen molar-refractivity contribution in [3.63, 3.8) is 0 Å². The molecular formula is C10H11NO2S2. The summed E-state index contributed by atoms with van der Waals surface area (Å²) in [6.45, 7) is 0. The highest BCUT2D eigenvalue weighted by atomic mass is 32.2. The Morgan fingerprint density at radius 3 is 3.07 bits per heavy atom. The predicted molar refractivity (Wildman–Crippen MR) is 62.4 cm³/mol. The van der Waals surface area contributed by atoms with E-state index in [4.69, 9.17) is 5.21 Å². The highest BCUT2D eigenvalue weighted by Gasteiger charge is 2.25. The molecule has 5 heteroatoms. The van der Waals surface area contributed by atoms with Crippen molar-refractivity contribution < 1.29 is 10.0 Å². The second kappa shape index (κ2) is 4.38. The lowest BCUT2D eigenvalue weighted by Crippen LogP contribution is -2.17. The van der Waals surface area contributed by atoms with Crippen molar-refractivity contribution in [2.45, 2.75) is 12.8 Å². The van der Waals surface area contributed by atoms with Gasteiger partial charge in [-0.05, 0) is 36.1 Å². The van der Waals surface area contributed by atoms with Gasteiger partial charge in [0.2, 0.25) is 5.78 Å². The van der Waals surface area contributed by atoms with Crippen molar-refractivity contribution in [3.8, 4) is 0 Å². The predicted octanol–water partition coefficient (Wildman–Crippen LogP) is 2.43. The maximum absolute atomic E-state index is 12.0. The summed E-state index contributed by atoms with van der Waals surface area (Å²) in [5.41, 5.74) is 3.93. The number of thiophene rings is 1. The largest absolute Gasteiger partial charge is 0.291 e. The number of ketones is 1. The molecule has 2 N–H and O–H groups in total. The molecule has 0 amide bonds. The quantitative estimate of drug-likeness (QED) is 0.617. The average Bonchev–Trinajstić information content (AvgIpc) is 2.71. The fourth-order valence-corrected chi connectivity index (χ4v) is 3.15. The number of Topliss-reactive ketones (excluding diaryl/α,β-unsaturated/α-hetero) is 1. The molecule has 1 aromatic heterocycles. The molecule has 0 spiro atoms. The normalized spacial score (nSPS) is 18.7. The number of hydroxylamine groups is 1. The van der Waals surface area contributed by atoms with Crippen LogP contribution in [-0.2, 0) is 6.42 Å². The van der Waals surface area contributed by atoms with Gasteiger partial charge in [0.1, 0.15) is 5.03 Å². The van der Waals surface area contributed by atoms with Crippen molar-refractivity contribution >= 4 is 28.9 Å². The molecule has 1 aliphatic carbocycles. The Morgan fingerprint density at radius 2 is 2.40 bits per heavy atom. The van der Waals surface area contributed by atoms with Crippen LogP contribution in [0.5, 0.6) is 0 Å². The molecule has 1 aromatic rings. The van der Waals surface area contributed by atoms with E-state index in [1.165, 1.54) is 23.1 Å². The number of carbonyl (C=O) groups is 1. The van der Waals surface area contributed by atoms with Crippen molar-refractivity contribution in [3.05, 3.63) is 32.5 Å². The number of thioether (sulfide) groups is 1. The first-order valence-electron chi connectivity index (χ1n) is 4.56. The van der Waals surface area contributed by atoms with Gasteiger partial charge in [0.25, 0.3) is 0 Å². The second-order valence-corrected chi connectivity index (χ2v) is 4.96. The summed E-state index contributed by atoms with van der Waals surface area (Å²) < 4.78 is 0. The van der Waals surface area contributed by atoms with Crippen molar-refractivity contribution in [1.82, 2.24) is 5.48 Å². The lowest BCUT2D eigenvalue weighted by Gasteiger charge is -2.16. The molecule has 0 fully saturated rings. The van der Waals surface area contributed by atoms with Crippen LogP contribution < -0.4 is 5.48 Å². The number of rotatable bonds is 2. The molecule has 0 saturated carbocycles. The van der Waals surface area contributed by atoms with Gasteiger partial charge in [0.15, 0.2) is 0 Å². The van der Waals surface area contributed by atoms with Gasteiger partial charge in [0.05, 0.1) is 4.88 Å². The van der Waals surface area contributed by atoms with E-state index in [9.17, 15) is 4.79 Å². The SMILES string of the molecule is CS/C(NO)=C1/CCc2ccsc2C1=O. The van der Waals surface area contributed by atoms with E-state index >= 15 is 0 Å². The standard InChI is InChI=1S/C10H11NO2S2/c1-14-10(11-13)7-3-2-6-4-5-15-9(6)8(7)12/h4-5,11,13H,2-3H2,1H3/b10-7-. The van der Waals surface area contributed by atoms with Crippen LogP contribution in [0.25, 0.3) is 0 Å². The minimum atomic E-state index is 0.0529. The first-order chi connectivity index (χ1) is 7.27. The van der Waals surface area contributed by atoms with Gasteiger partial charge in [-0.2, -0.15) is 0 Å². The molecule has 0 bridgehead atoms. The van der Waals surface area contributed by atoms with Crippen LogP contribution in [0.3, 0.4) is 0 Å². The zero-order chi connectivity index (χ0) is 10.8. The third-order valence-electron chi connectivity index (χ3n) is 2.45. The van der Waals surface area contributed by atoms with Crippen molar-refractivity contribution in [1.29, 1.82) is 0 Å². The number of fused-ring (bicyclic) bond motifs is 1. The van der Waals surface area contributed by atoms with Crippen LogP contribution in [0.2, 0.25) is 0 Å². The van der Waals surface area contributed by atoms with Crippen LogP contribution in [0.15, 0.2) is 22.0 Å². The molecule has 0 aromatic carbocycles. The number of nitrogens with one attached hydrogen (secondary N) is 1. The highest BCUT2D eigenvalue weighted by Crippen LogP contribution is 2.32. The minimum Gasteiger partial charge on any atom is -0.291 e. The molecule has 15 heavy (non-hydrogen) atoms. The molecular weight excluding hydrogens is 230 g/mol. The van der Waals surface area contributed by atoms with Crippen LogP contribution in [0.4, 0.5) is 0 Å². The van der Waals surface area contributed by atoms with Gasteiger partial charge in [-0.3, -0.25) is 15.5 Å². The molecule has 1 heterocycles. The third-order valence-corrected chi connectivity index (χ3v) is 4.15. The van der Waals surface area contributed by atoms with E-state index in [0.29, 0.717) is 17.0 Å². The van der Waals surface area contributed by atoms with E-state index in [-0.39, 0.29) is 5.78 Å². The molecule has 80 valence electrons. The zero-order valence-corrected chi connectivity index (χ0v) is 9.87. The average molecular weight is 241 g/mol. The smallest absolute Gasteiger partial charge is 0.201 e. The minimum absolute atomic E-state index is 0.0529. The summed E-state index contributed by atoms with van der Waals surface area (Å²) in [6.07, 6.45) is 3.42. The van der Waals surface area contributed by atoms with Crippen molar-refractivity contribution in [2.75, 3.05) is 6.26 Å². The van der Waals surface area contributed by atoms with Crippen molar-refractivity contribution in [2.24, 2.45) is 0 Å². The zero-order valence-electron chi connectivity index (χ0n) is 8.24. The number of hydrogen-bond acceptors (Lipinski definition) is 5. The molecule has 2 rings (SSSR count). The van der Waals surface area contributed by atoms with Gasteiger partial charge in [-0.15, -0.1) is 23.1 Å². The topological polar surface area (TPSA) is 49.3 Å². The molecule has 0 aliphatic heterocycles. The number of carbonyl (C=O) groups excluding carboxylic acids is 1. The fourth-order valence-electron chi connectivity index (χ4n) is 1.69. The number of allylic oxidation sites excluding steroid dienone is 1. The highest BCUT2D eigenvalue weighted by molar-refractivity contribution is 8.02. The maximum atomic E-state index is 12.0. The van der Waals surface area contributed by atoms with Crippen LogP contribution >= 0.6 is 23.1 Å². The first kappa shape index (κ1) is 10.7. The first-order valence-corrected chi connectivity index (χ1v) is 6.66. The summed E-state index contributed by atoms with van der Waals surface area (Å²) in [5.74, 6) is 0.0529. The van der Waals surface area contributed by atoms with Crippen LogP contribution in [-0.4, -0.2) is 17.2 Å². The Bertz CT molecular complexity index is 417. The monoisotopic (exact) mass is 241 g/mol. The van der Waals surface area contributed by atoms with Gasteiger partial charge in [-0.1, -0.05) is 0 Å². The molecule has 0 unspecified atom stereocenters. The van der Waals surface area contributed by atoms with E-state index in [2.05, 4.69) is 5.48 Å². The lowest BCUT2D eigenvalue weighted by atomic mass is 9.94.